The third-order valence-corrected chi connectivity index (χ3v) is 5.52. The van der Waals surface area contributed by atoms with Gasteiger partial charge in [0.1, 0.15) is 11.6 Å². The molecule has 7 nitrogen and oxygen atoms in total. The van der Waals surface area contributed by atoms with Crippen molar-refractivity contribution in [3.05, 3.63) is 60.0 Å². The van der Waals surface area contributed by atoms with E-state index in [9.17, 15) is 9.59 Å². The normalized spacial score (nSPS) is 18.7. The van der Waals surface area contributed by atoms with Gasteiger partial charge in [-0.15, -0.1) is 0 Å². The van der Waals surface area contributed by atoms with Gasteiger partial charge in [-0.05, 0) is 23.5 Å². The first-order chi connectivity index (χ1) is 14.8. The first-order valence-electron chi connectivity index (χ1n) is 10.6. The molecule has 3 amide bonds. The fraction of sp³-hybridized carbons (Fsp3) is 0.375. The zero-order valence-electron chi connectivity index (χ0n) is 18.3. The van der Waals surface area contributed by atoms with Crippen LogP contribution in [0.25, 0.3) is 11.4 Å². The molecule has 2 heterocycles. The SMILES string of the molecule is CCCN1C(=O)C2C=CC=CC2=[N+](Cc2nc(-c3ccc(C(C)(C)C)cc3)no2)C1=O. The minimum absolute atomic E-state index is 0.0626. The molecule has 1 aliphatic heterocycles. The summed E-state index contributed by atoms with van der Waals surface area (Å²) in [6.45, 7) is 8.92. The first-order valence-corrected chi connectivity index (χ1v) is 10.6. The minimum atomic E-state index is -0.471. The van der Waals surface area contributed by atoms with Crippen LogP contribution in [0, 0.1) is 5.92 Å². The Hall–Kier alpha value is -3.35. The van der Waals surface area contributed by atoms with Crippen LogP contribution < -0.4 is 0 Å². The Kier molecular flexibility index (Phi) is 5.43. The average molecular weight is 420 g/mol. The quantitative estimate of drug-likeness (QED) is 0.682. The maximum Gasteiger partial charge on any atom is 0.501 e. The third-order valence-electron chi connectivity index (χ3n) is 5.52. The van der Waals surface area contributed by atoms with Gasteiger partial charge in [-0.3, -0.25) is 0 Å². The highest BCUT2D eigenvalue weighted by molar-refractivity contribution is 6.16. The number of imide groups is 1. The molecule has 1 atom stereocenters. The molecular weight excluding hydrogens is 392 g/mol. The molecule has 0 N–H and O–H groups in total. The van der Waals surface area contributed by atoms with Crippen LogP contribution in [0.15, 0.2) is 53.1 Å². The fourth-order valence-corrected chi connectivity index (χ4v) is 3.80. The predicted molar refractivity (Wildman–Crippen MR) is 117 cm³/mol. The van der Waals surface area contributed by atoms with E-state index in [0.717, 1.165) is 5.56 Å². The van der Waals surface area contributed by atoms with E-state index in [4.69, 9.17) is 4.52 Å². The van der Waals surface area contributed by atoms with Crippen molar-refractivity contribution < 1.29 is 18.7 Å². The molecule has 0 saturated carbocycles. The van der Waals surface area contributed by atoms with E-state index in [-0.39, 0.29) is 23.9 Å². The van der Waals surface area contributed by atoms with Crippen molar-refractivity contribution in [3.8, 4) is 11.4 Å². The number of hydrogen-bond donors (Lipinski definition) is 0. The van der Waals surface area contributed by atoms with E-state index in [0.29, 0.717) is 30.4 Å². The number of fused-ring (bicyclic) bond motifs is 1. The summed E-state index contributed by atoms with van der Waals surface area (Å²) in [6.07, 6.45) is 7.96. The van der Waals surface area contributed by atoms with Crippen LogP contribution in [-0.4, -0.2) is 43.8 Å². The number of aromatic nitrogens is 2. The molecule has 160 valence electrons. The van der Waals surface area contributed by atoms with E-state index in [2.05, 4.69) is 43.0 Å². The molecule has 4 rings (SSSR count). The second kappa shape index (κ2) is 8.06. The maximum absolute atomic E-state index is 13.1. The zero-order valence-corrected chi connectivity index (χ0v) is 18.3. The summed E-state index contributed by atoms with van der Waals surface area (Å²) in [4.78, 5) is 31.6. The highest BCUT2D eigenvalue weighted by atomic mass is 16.5. The topological polar surface area (TPSA) is 79.3 Å². The lowest BCUT2D eigenvalue weighted by molar-refractivity contribution is -0.460. The van der Waals surface area contributed by atoms with Crippen LogP contribution >= 0.6 is 0 Å². The van der Waals surface area contributed by atoms with Crippen molar-refractivity contribution in [1.29, 1.82) is 0 Å². The molecule has 7 heteroatoms. The van der Waals surface area contributed by atoms with Crippen LogP contribution in [-0.2, 0) is 16.8 Å². The molecule has 2 aromatic rings. The lowest BCUT2D eigenvalue weighted by atomic mass is 9.87. The van der Waals surface area contributed by atoms with E-state index < -0.39 is 5.92 Å². The van der Waals surface area contributed by atoms with Gasteiger partial charge in [-0.1, -0.05) is 75.3 Å². The van der Waals surface area contributed by atoms with Gasteiger partial charge in [0.05, 0.1) is 6.54 Å². The summed E-state index contributed by atoms with van der Waals surface area (Å²) in [5.41, 5.74) is 2.77. The van der Waals surface area contributed by atoms with Crippen LogP contribution in [0.5, 0.6) is 0 Å². The Morgan fingerprint density at radius 3 is 2.55 bits per heavy atom. The number of benzene rings is 1. The highest BCUT2D eigenvalue weighted by Gasteiger charge is 2.46. The van der Waals surface area contributed by atoms with Crippen molar-refractivity contribution in [2.24, 2.45) is 5.92 Å². The van der Waals surface area contributed by atoms with Crippen molar-refractivity contribution in [3.63, 3.8) is 0 Å². The lowest BCUT2D eigenvalue weighted by Crippen LogP contribution is -2.54. The summed E-state index contributed by atoms with van der Waals surface area (Å²) in [5, 5.41) is 4.10. The minimum Gasteiger partial charge on any atom is -0.335 e. The first kappa shape index (κ1) is 20.9. The molecule has 0 bridgehead atoms. The highest BCUT2D eigenvalue weighted by Crippen LogP contribution is 2.26. The summed E-state index contributed by atoms with van der Waals surface area (Å²) < 4.78 is 7.01. The Bertz CT molecular complexity index is 1100. The van der Waals surface area contributed by atoms with Gasteiger partial charge in [0.2, 0.25) is 5.82 Å². The number of nitrogens with zero attached hydrogens (tertiary/aromatic N) is 4. The smallest absolute Gasteiger partial charge is 0.335 e. The number of hydrogen-bond acceptors (Lipinski definition) is 5. The van der Waals surface area contributed by atoms with Crippen molar-refractivity contribution in [1.82, 2.24) is 15.0 Å². The monoisotopic (exact) mass is 419 g/mol. The average Bonchev–Trinajstić information content (AvgIpc) is 3.22. The van der Waals surface area contributed by atoms with Crippen LogP contribution in [0.2, 0.25) is 0 Å². The molecule has 1 aromatic heterocycles. The Labute approximate surface area is 181 Å². The van der Waals surface area contributed by atoms with E-state index in [1.54, 1.807) is 10.7 Å². The van der Waals surface area contributed by atoms with Gasteiger partial charge in [0, 0.05) is 5.56 Å². The van der Waals surface area contributed by atoms with Gasteiger partial charge >= 0.3 is 11.9 Å². The molecule has 0 saturated heterocycles. The van der Waals surface area contributed by atoms with Crippen molar-refractivity contribution in [2.45, 2.75) is 46.1 Å². The summed E-state index contributed by atoms with van der Waals surface area (Å²) >= 11 is 0. The van der Waals surface area contributed by atoms with Crippen molar-refractivity contribution >= 4 is 17.6 Å². The number of allylic oxidation sites excluding steroid dienone is 3. The van der Waals surface area contributed by atoms with Crippen molar-refractivity contribution in [2.75, 3.05) is 6.54 Å². The largest absolute Gasteiger partial charge is 0.501 e. The molecule has 2 aliphatic rings. The summed E-state index contributed by atoms with van der Waals surface area (Å²) in [6, 6.07) is 7.72. The number of urea groups is 1. The zero-order chi connectivity index (χ0) is 22.2. The van der Waals surface area contributed by atoms with Gasteiger partial charge in [-0.25, -0.2) is 4.79 Å². The number of carbonyl (C=O) groups is 2. The van der Waals surface area contributed by atoms with E-state index in [1.165, 1.54) is 10.5 Å². The van der Waals surface area contributed by atoms with Gasteiger partial charge < -0.3 is 4.52 Å². The van der Waals surface area contributed by atoms with Gasteiger partial charge in [0.15, 0.2) is 6.54 Å². The lowest BCUT2D eigenvalue weighted by Gasteiger charge is -2.26. The Morgan fingerprint density at radius 1 is 1.13 bits per heavy atom. The van der Waals surface area contributed by atoms with Gasteiger partial charge in [0.25, 0.3) is 5.89 Å². The van der Waals surface area contributed by atoms with E-state index in [1.807, 2.05) is 37.3 Å². The van der Waals surface area contributed by atoms with Crippen LogP contribution in [0.4, 0.5) is 4.79 Å². The third kappa shape index (κ3) is 4.00. The summed E-state index contributed by atoms with van der Waals surface area (Å²) in [7, 11) is 0. The number of amides is 3. The Morgan fingerprint density at radius 2 is 1.87 bits per heavy atom. The summed E-state index contributed by atoms with van der Waals surface area (Å²) in [5.74, 6) is 0.135. The molecule has 0 fully saturated rings. The number of rotatable bonds is 5. The molecule has 0 spiro atoms. The molecule has 31 heavy (non-hydrogen) atoms. The molecular formula is C24H27N4O3+. The molecule has 1 aliphatic carbocycles. The van der Waals surface area contributed by atoms with Crippen LogP contribution in [0.1, 0.15) is 45.6 Å². The molecule has 1 aromatic carbocycles. The number of carbonyl (C=O) groups excluding carboxylic acids is 2. The van der Waals surface area contributed by atoms with Crippen LogP contribution in [0.3, 0.4) is 0 Å². The maximum atomic E-state index is 13.1. The Balaban J connectivity index is 1.62. The van der Waals surface area contributed by atoms with E-state index >= 15 is 0 Å². The predicted octanol–water partition coefficient (Wildman–Crippen LogP) is 4.10. The second-order valence-electron chi connectivity index (χ2n) is 8.84. The fourth-order valence-electron chi connectivity index (χ4n) is 3.80. The molecule has 1 unspecified atom stereocenters. The second-order valence-corrected chi connectivity index (χ2v) is 8.84. The van der Waals surface area contributed by atoms with Gasteiger partial charge in [-0.2, -0.15) is 19.3 Å². The molecule has 0 radical (unpaired) electrons. The standard InChI is InChI=1S/C24H27N4O3/c1-5-14-27-22(29)18-8-6-7-9-19(18)28(23(27)30)15-20-25-21(26-31-20)16-10-12-17(13-11-16)24(2,3)4/h6-13,18H,5,14-15H2,1-4H3/q+1.